The smallest absolute Gasteiger partial charge is 0.254 e. The Balaban J connectivity index is 1.70. The fourth-order valence-electron chi connectivity index (χ4n) is 2.60. The Morgan fingerprint density at radius 2 is 2.04 bits per heavy atom. The van der Waals surface area contributed by atoms with Gasteiger partial charge in [0.25, 0.3) is 5.91 Å². The van der Waals surface area contributed by atoms with Crippen molar-refractivity contribution in [1.82, 2.24) is 10.1 Å². The van der Waals surface area contributed by atoms with E-state index in [4.69, 9.17) is 4.52 Å². The van der Waals surface area contributed by atoms with Crippen molar-refractivity contribution in [2.45, 2.75) is 26.7 Å². The average Bonchev–Trinajstić information content (AvgIpc) is 3.27. The van der Waals surface area contributed by atoms with Crippen molar-refractivity contribution in [3.8, 4) is 0 Å². The molecule has 1 aromatic carbocycles. The molecule has 2 amide bonds. The molecule has 1 aliphatic rings. The van der Waals surface area contributed by atoms with Crippen LogP contribution in [-0.4, -0.2) is 35.0 Å². The van der Waals surface area contributed by atoms with Gasteiger partial charge < -0.3 is 14.7 Å². The van der Waals surface area contributed by atoms with Crippen LogP contribution in [0.4, 0.5) is 5.82 Å². The quantitative estimate of drug-likeness (QED) is 0.885. The van der Waals surface area contributed by atoms with Gasteiger partial charge in [0.15, 0.2) is 5.82 Å². The summed E-state index contributed by atoms with van der Waals surface area (Å²) in [5.74, 6) is 1.11. The molecule has 2 aromatic rings. The number of carbonyl (C=O) groups excluding carboxylic acids is 2. The van der Waals surface area contributed by atoms with Gasteiger partial charge in [-0.05, 0) is 44.2 Å². The molecule has 1 saturated carbocycles. The molecular weight excluding hydrogens is 306 g/mol. The van der Waals surface area contributed by atoms with Gasteiger partial charge in [0.05, 0.1) is 0 Å². The zero-order chi connectivity index (χ0) is 17.1. The van der Waals surface area contributed by atoms with Gasteiger partial charge in [-0.1, -0.05) is 23.4 Å². The first-order valence-electron chi connectivity index (χ1n) is 8.11. The molecule has 0 atom stereocenters. The predicted octanol–water partition coefficient (Wildman–Crippen LogP) is 2.78. The van der Waals surface area contributed by atoms with Crippen molar-refractivity contribution in [1.29, 1.82) is 0 Å². The van der Waals surface area contributed by atoms with Crippen LogP contribution in [0.3, 0.4) is 0 Å². The number of hydrogen-bond acceptors (Lipinski definition) is 4. The van der Waals surface area contributed by atoms with E-state index in [1.165, 1.54) is 0 Å². The summed E-state index contributed by atoms with van der Waals surface area (Å²) in [5.41, 5.74) is 1.55. The van der Waals surface area contributed by atoms with Crippen LogP contribution >= 0.6 is 0 Å². The summed E-state index contributed by atoms with van der Waals surface area (Å²) in [6, 6.07) is 9.09. The molecular formula is C18H21N3O3. The Hall–Kier alpha value is -2.63. The van der Waals surface area contributed by atoms with Crippen molar-refractivity contribution in [3.63, 3.8) is 0 Å². The summed E-state index contributed by atoms with van der Waals surface area (Å²) in [6.45, 7) is 4.28. The standard InChI is InChI=1S/C18H21N3O3/c1-12-5-3-4-6-15(12)18(23)21(10-14-7-8-14)11-17(22)19-16-9-13(2)24-20-16/h3-6,9,14H,7-8,10-11H2,1-2H3,(H,19,20,22). The molecule has 3 rings (SSSR count). The summed E-state index contributed by atoms with van der Waals surface area (Å²) in [5, 5.41) is 6.41. The molecule has 0 radical (unpaired) electrons. The second-order valence-electron chi connectivity index (χ2n) is 6.31. The zero-order valence-electron chi connectivity index (χ0n) is 13.9. The van der Waals surface area contributed by atoms with Crippen LogP contribution in [0.15, 0.2) is 34.9 Å². The summed E-state index contributed by atoms with van der Waals surface area (Å²) in [4.78, 5) is 26.7. The predicted molar refractivity (Wildman–Crippen MR) is 89.7 cm³/mol. The number of hydrogen-bond donors (Lipinski definition) is 1. The fraction of sp³-hybridized carbons (Fsp3) is 0.389. The zero-order valence-corrected chi connectivity index (χ0v) is 13.9. The third-order valence-electron chi connectivity index (χ3n) is 4.07. The van der Waals surface area contributed by atoms with Crippen LogP contribution in [0.25, 0.3) is 0 Å². The monoisotopic (exact) mass is 327 g/mol. The maximum atomic E-state index is 12.8. The van der Waals surface area contributed by atoms with Crippen molar-refractivity contribution in [2.75, 3.05) is 18.4 Å². The normalized spacial score (nSPS) is 13.6. The number of benzene rings is 1. The number of rotatable bonds is 6. The highest BCUT2D eigenvalue weighted by Crippen LogP contribution is 2.30. The number of aromatic nitrogens is 1. The molecule has 0 spiro atoms. The van der Waals surface area contributed by atoms with Crippen molar-refractivity contribution in [2.24, 2.45) is 5.92 Å². The molecule has 1 aliphatic carbocycles. The minimum absolute atomic E-state index is 0.00950. The van der Waals surface area contributed by atoms with Gasteiger partial charge in [0, 0.05) is 18.2 Å². The number of anilines is 1. The van der Waals surface area contributed by atoms with Crippen LogP contribution in [0.5, 0.6) is 0 Å². The maximum absolute atomic E-state index is 12.8. The molecule has 0 bridgehead atoms. The first kappa shape index (κ1) is 16.2. The van der Waals surface area contributed by atoms with E-state index < -0.39 is 0 Å². The highest BCUT2D eigenvalue weighted by Gasteiger charge is 2.29. The van der Waals surface area contributed by atoms with Crippen LogP contribution in [-0.2, 0) is 4.79 Å². The van der Waals surface area contributed by atoms with Crippen LogP contribution in [0.1, 0.15) is 34.5 Å². The van der Waals surface area contributed by atoms with Crippen molar-refractivity contribution < 1.29 is 14.1 Å². The molecule has 1 heterocycles. The number of aryl methyl sites for hydroxylation is 2. The summed E-state index contributed by atoms with van der Waals surface area (Å²) < 4.78 is 4.93. The molecule has 0 saturated heterocycles. The fourth-order valence-corrected chi connectivity index (χ4v) is 2.60. The molecule has 24 heavy (non-hydrogen) atoms. The van der Waals surface area contributed by atoms with E-state index in [9.17, 15) is 9.59 Å². The minimum Gasteiger partial charge on any atom is -0.360 e. The van der Waals surface area contributed by atoms with E-state index in [1.807, 2.05) is 25.1 Å². The molecule has 1 N–H and O–H groups in total. The second kappa shape index (κ2) is 6.86. The first-order chi connectivity index (χ1) is 11.5. The van der Waals surface area contributed by atoms with Crippen LogP contribution in [0, 0.1) is 19.8 Å². The van der Waals surface area contributed by atoms with Gasteiger partial charge in [-0.15, -0.1) is 0 Å². The molecule has 6 nitrogen and oxygen atoms in total. The molecule has 6 heteroatoms. The van der Waals surface area contributed by atoms with Gasteiger partial charge in [-0.25, -0.2) is 0 Å². The lowest BCUT2D eigenvalue weighted by Crippen LogP contribution is -2.39. The summed E-state index contributed by atoms with van der Waals surface area (Å²) in [7, 11) is 0. The highest BCUT2D eigenvalue weighted by molar-refractivity contribution is 5.99. The van der Waals surface area contributed by atoms with Gasteiger partial charge in [0.1, 0.15) is 12.3 Å². The second-order valence-corrected chi connectivity index (χ2v) is 6.31. The lowest BCUT2D eigenvalue weighted by molar-refractivity contribution is -0.117. The van der Waals surface area contributed by atoms with Gasteiger partial charge >= 0.3 is 0 Å². The van der Waals surface area contributed by atoms with Crippen LogP contribution < -0.4 is 5.32 Å². The lowest BCUT2D eigenvalue weighted by atomic mass is 10.1. The largest absolute Gasteiger partial charge is 0.360 e. The van der Waals surface area contributed by atoms with Gasteiger partial charge in [0.2, 0.25) is 5.91 Å². The maximum Gasteiger partial charge on any atom is 0.254 e. The molecule has 0 aliphatic heterocycles. The minimum atomic E-state index is -0.272. The van der Waals surface area contributed by atoms with Crippen molar-refractivity contribution in [3.05, 3.63) is 47.2 Å². The third-order valence-corrected chi connectivity index (χ3v) is 4.07. The summed E-state index contributed by atoms with van der Waals surface area (Å²) >= 11 is 0. The topological polar surface area (TPSA) is 75.4 Å². The Morgan fingerprint density at radius 3 is 2.67 bits per heavy atom. The molecule has 0 unspecified atom stereocenters. The SMILES string of the molecule is Cc1cc(NC(=O)CN(CC2CC2)C(=O)c2ccccc2C)no1. The van der Waals surface area contributed by atoms with E-state index >= 15 is 0 Å². The van der Waals surface area contributed by atoms with Gasteiger partial charge in [-0.3, -0.25) is 9.59 Å². The molecule has 1 aromatic heterocycles. The Morgan fingerprint density at radius 1 is 1.29 bits per heavy atom. The van der Waals surface area contributed by atoms with Gasteiger partial charge in [-0.2, -0.15) is 0 Å². The Bertz CT molecular complexity index is 749. The van der Waals surface area contributed by atoms with E-state index in [1.54, 1.807) is 24.0 Å². The van der Waals surface area contributed by atoms with Crippen molar-refractivity contribution >= 4 is 17.6 Å². The summed E-state index contributed by atoms with van der Waals surface area (Å²) in [6.07, 6.45) is 2.23. The van der Waals surface area contributed by atoms with E-state index in [-0.39, 0.29) is 18.4 Å². The third kappa shape index (κ3) is 4.01. The highest BCUT2D eigenvalue weighted by atomic mass is 16.5. The Kier molecular flexibility index (Phi) is 4.64. The molecule has 1 fully saturated rings. The molecule has 126 valence electrons. The van der Waals surface area contributed by atoms with Crippen LogP contribution in [0.2, 0.25) is 0 Å². The number of nitrogens with one attached hydrogen (secondary N) is 1. The Labute approximate surface area is 140 Å². The van der Waals surface area contributed by atoms with E-state index in [0.717, 1.165) is 18.4 Å². The number of nitrogens with zero attached hydrogens (tertiary/aromatic N) is 2. The van der Waals surface area contributed by atoms with E-state index in [2.05, 4.69) is 10.5 Å². The lowest BCUT2D eigenvalue weighted by Gasteiger charge is -2.22. The van der Waals surface area contributed by atoms with E-state index in [0.29, 0.717) is 29.6 Å². The average molecular weight is 327 g/mol. The first-order valence-corrected chi connectivity index (χ1v) is 8.11. The number of carbonyl (C=O) groups is 2. The number of amides is 2.